The molecule has 0 amide bonds. The van der Waals surface area contributed by atoms with Crippen molar-refractivity contribution in [3.05, 3.63) is 0 Å². The Bertz CT molecular complexity index is 257. The minimum Gasteiger partial charge on any atom is -0.380 e. The molecule has 0 N–H and O–H groups in total. The van der Waals surface area contributed by atoms with Crippen molar-refractivity contribution in [3.8, 4) is 0 Å². The van der Waals surface area contributed by atoms with Gasteiger partial charge < -0.3 is 9.47 Å². The third-order valence-corrected chi connectivity index (χ3v) is 6.98. The summed E-state index contributed by atoms with van der Waals surface area (Å²) in [4.78, 5) is 0.958. The summed E-state index contributed by atoms with van der Waals surface area (Å²) in [5.74, 6) is 0. The second-order valence-corrected chi connectivity index (χ2v) is 8.70. The first-order valence-electron chi connectivity index (χ1n) is 5.87. The molecular formula is C11H16Br3ClO2. The Morgan fingerprint density at radius 1 is 0.941 bits per heavy atom. The molecule has 0 aromatic heterocycles. The van der Waals surface area contributed by atoms with Gasteiger partial charge in [-0.15, -0.1) is 11.6 Å². The molecule has 2 aliphatic heterocycles. The molecule has 0 radical (unpaired) electrons. The van der Waals surface area contributed by atoms with E-state index in [9.17, 15) is 0 Å². The van der Waals surface area contributed by atoms with Crippen molar-refractivity contribution in [2.45, 2.75) is 51.3 Å². The summed E-state index contributed by atoms with van der Waals surface area (Å²) in [7, 11) is 0. The van der Waals surface area contributed by atoms with E-state index in [4.69, 9.17) is 21.1 Å². The lowest BCUT2D eigenvalue weighted by atomic mass is 10.1. The van der Waals surface area contributed by atoms with Gasteiger partial charge in [0.1, 0.15) is 0 Å². The molecule has 0 spiro atoms. The Morgan fingerprint density at radius 3 is 2.41 bits per heavy atom. The Labute approximate surface area is 133 Å². The summed E-state index contributed by atoms with van der Waals surface area (Å²) in [5.41, 5.74) is 0. The largest absolute Gasteiger partial charge is 0.380 e. The molecule has 2 nitrogen and oxygen atoms in total. The highest BCUT2D eigenvalue weighted by Crippen LogP contribution is 2.36. The summed E-state index contributed by atoms with van der Waals surface area (Å²) in [6, 6.07) is 0. The second-order valence-electron chi connectivity index (χ2n) is 4.61. The first-order chi connectivity index (χ1) is 8.08. The number of hydrogen-bond acceptors (Lipinski definition) is 2. The van der Waals surface area contributed by atoms with Crippen LogP contribution in [0.2, 0.25) is 0 Å². The quantitative estimate of drug-likeness (QED) is 0.517. The lowest BCUT2D eigenvalue weighted by molar-refractivity contribution is 0.0266. The molecule has 0 aliphatic carbocycles. The Hall–Kier alpha value is 1.65. The number of fused-ring (bicyclic) bond motifs is 2. The van der Waals surface area contributed by atoms with Gasteiger partial charge in [0.2, 0.25) is 0 Å². The van der Waals surface area contributed by atoms with E-state index < -0.39 is 0 Å². The number of hydrogen-bond donors (Lipinski definition) is 0. The molecule has 100 valence electrons. The monoisotopic (exact) mass is 452 g/mol. The molecule has 2 rings (SSSR count). The van der Waals surface area contributed by atoms with Gasteiger partial charge in [0.25, 0.3) is 0 Å². The van der Waals surface area contributed by atoms with Gasteiger partial charge >= 0.3 is 0 Å². The van der Waals surface area contributed by atoms with Crippen molar-refractivity contribution in [3.63, 3.8) is 0 Å². The van der Waals surface area contributed by atoms with Gasteiger partial charge in [0, 0.05) is 21.6 Å². The number of ether oxygens (including phenoxy) is 2. The van der Waals surface area contributed by atoms with E-state index in [1.165, 1.54) is 0 Å². The van der Waals surface area contributed by atoms with Gasteiger partial charge in [-0.05, 0) is 19.3 Å². The maximum Gasteiger partial charge on any atom is 0.0738 e. The van der Waals surface area contributed by atoms with E-state index in [2.05, 4.69) is 47.8 Å². The van der Waals surface area contributed by atoms with E-state index in [-0.39, 0.29) is 22.4 Å². The molecule has 6 atom stereocenters. The van der Waals surface area contributed by atoms with Crippen LogP contribution in [0.1, 0.15) is 19.3 Å². The zero-order valence-corrected chi connectivity index (χ0v) is 14.8. The van der Waals surface area contributed by atoms with E-state index in [0.717, 1.165) is 25.9 Å². The summed E-state index contributed by atoms with van der Waals surface area (Å²) < 4.78 is 11.7. The predicted octanol–water partition coefficient (Wildman–Crippen LogP) is 3.85. The van der Waals surface area contributed by atoms with Gasteiger partial charge in [0.15, 0.2) is 0 Å². The molecule has 0 aromatic rings. The van der Waals surface area contributed by atoms with Crippen molar-refractivity contribution in [1.82, 2.24) is 0 Å². The van der Waals surface area contributed by atoms with E-state index in [1.807, 2.05) is 0 Å². The zero-order valence-electron chi connectivity index (χ0n) is 9.33. The fraction of sp³-hybridized carbons (Fsp3) is 1.00. The summed E-state index contributed by atoms with van der Waals surface area (Å²) in [5, 5.41) is 0.0919. The highest BCUT2D eigenvalue weighted by molar-refractivity contribution is 9.10. The normalized spacial score (nSPS) is 48.7. The average Bonchev–Trinajstić information content (AvgIpc) is 2.64. The van der Waals surface area contributed by atoms with Crippen molar-refractivity contribution >= 4 is 59.4 Å². The second kappa shape index (κ2) is 6.89. The maximum atomic E-state index is 6.40. The van der Waals surface area contributed by atoms with E-state index in [0.29, 0.717) is 16.3 Å². The molecule has 2 bridgehead atoms. The lowest BCUT2D eigenvalue weighted by Gasteiger charge is -2.21. The van der Waals surface area contributed by atoms with Crippen LogP contribution in [0.5, 0.6) is 0 Å². The highest BCUT2D eigenvalue weighted by Gasteiger charge is 2.39. The van der Waals surface area contributed by atoms with Crippen molar-refractivity contribution in [2.75, 3.05) is 13.2 Å². The van der Waals surface area contributed by atoms with E-state index >= 15 is 0 Å². The van der Waals surface area contributed by atoms with Gasteiger partial charge in [-0.25, -0.2) is 0 Å². The first kappa shape index (κ1) is 15.0. The van der Waals surface area contributed by atoms with Gasteiger partial charge in [-0.2, -0.15) is 0 Å². The highest BCUT2D eigenvalue weighted by atomic mass is 79.9. The Balaban J connectivity index is 2.03. The molecule has 0 unspecified atom stereocenters. The topological polar surface area (TPSA) is 18.5 Å². The number of alkyl halides is 4. The van der Waals surface area contributed by atoms with Crippen LogP contribution in [0.15, 0.2) is 0 Å². The molecule has 2 aliphatic rings. The molecular weight excluding hydrogens is 439 g/mol. The summed E-state index contributed by atoms with van der Waals surface area (Å²) in [6.07, 6.45) is 3.27. The van der Waals surface area contributed by atoms with Crippen molar-refractivity contribution < 1.29 is 9.47 Å². The SMILES string of the molecule is Cl[C@@H]1C[C@@H]2O[C@@H](C[C@@H]2Br)[C@H](Br)COCC[C@@H]1Br. The van der Waals surface area contributed by atoms with Crippen LogP contribution in [0.4, 0.5) is 0 Å². The maximum absolute atomic E-state index is 6.40. The van der Waals surface area contributed by atoms with Crippen LogP contribution in [-0.4, -0.2) is 45.3 Å². The van der Waals surface area contributed by atoms with Crippen LogP contribution in [-0.2, 0) is 9.47 Å². The van der Waals surface area contributed by atoms with Crippen LogP contribution >= 0.6 is 59.4 Å². The Morgan fingerprint density at radius 2 is 1.65 bits per heavy atom. The predicted molar refractivity (Wildman–Crippen MR) is 81.1 cm³/mol. The fourth-order valence-corrected chi connectivity index (χ4v) is 4.17. The minimum absolute atomic E-state index is 0.0919. The molecule has 6 heteroatoms. The number of halogens is 4. The third-order valence-electron chi connectivity index (χ3n) is 3.28. The van der Waals surface area contributed by atoms with Crippen LogP contribution in [0.3, 0.4) is 0 Å². The number of rotatable bonds is 0. The third kappa shape index (κ3) is 4.06. The van der Waals surface area contributed by atoms with Crippen LogP contribution in [0, 0.1) is 0 Å². The van der Waals surface area contributed by atoms with Gasteiger partial charge in [-0.3, -0.25) is 0 Å². The molecule has 2 saturated heterocycles. The summed E-state index contributed by atoms with van der Waals surface area (Å²) >= 11 is 17.4. The Kier molecular flexibility index (Phi) is 6.10. The summed E-state index contributed by atoms with van der Waals surface area (Å²) in [6.45, 7) is 1.44. The average molecular weight is 455 g/mol. The lowest BCUT2D eigenvalue weighted by Crippen LogP contribution is -2.26. The smallest absolute Gasteiger partial charge is 0.0738 e. The molecule has 0 aromatic carbocycles. The zero-order chi connectivity index (χ0) is 12.4. The van der Waals surface area contributed by atoms with Gasteiger partial charge in [0.05, 0.1) is 23.6 Å². The van der Waals surface area contributed by atoms with Crippen LogP contribution < -0.4 is 0 Å². The van der Waals surface area contributed by atoms with E-state index in [1.54, 1.807) is 0 Å². The van der Waals surface area contributed by atoms with Gasteiger partial charge in [-0.1, -0.05) is 47.8 Å². The van der Waals surface area contributed by atoms with Crippen molar-refractivity contribution in [1.29, 1.82) is 0 Å². The molecule has 2 fully saturated rings. The van der Waals surface area contributed by atoms with Crippen molar-refractivity contribution in [2.24, 2.45) is 0 Å². The molecule has 0 saturated carbocycles. The molecule has 17 heavy (non-hydrogen) atoms. The minimum atomic E-state index is 0.0919. The van der Waals surface area contributed by atoms with Crippen LogP contribution in [0.25, 0.3) is 0 Å². The fourth-order valence-electron chi connectivity index (χ4n) is 2.22. The molecule has 2 heterocycles. The standard InChI is InChI=1S/C11H16Br3ClO2/c12-6-1-2-16-5-8(14)10-3-7(13)11(17-10)4-9(6)15/h6-11H,1-5H2/t6-,7-,8+,9+,10-,11-/m0/s1. The first-order valence-corrected chi connectivity index (χ1v) is 9.05.